The van der Waals surface area contributed by atoms with Crippen LogP contribution in [-0.4, -0.2) is 22.6 Å². The van der Waals surface area contributed by atoms with Crippen molar-refractivity contribution in [2.45, 2.75) is 13.5 Å². The fourth-order valence-electron chi connectivity index (χ4n) is 3.59. The van der Waals surface area contributed by atoms with E-state index < -0.39 is 5.91 Å². The quantitative estimate of drug-likeness (QED) is 0.188. The van der Waals surface area contributed by atoms with Crippen LogP contribution in [-0.2, 0) is 6.54 Å². The van der Waals surface area contributed by atoms with Crippen LogP contribution in [0.3, 0.4) is 0 Å². The largest absolute Gasteiger partial charge is 0.388 e. The lowest BCUT2D eigenvalue weighted by Gasteiger charge is -2.13. The van der Waals surface area contributed by atoms with Crippen LogP contribution in [0.1, 0.15) is 33.2 Å². The van der Waals surface area contributed by atoms with E-state index in [1.807, 2.05) is 36.4 Å². The molecular formula is C28H23Cl2N5O2. The average Bonchev–Trinajstić information content (AvgIpc) is 2.90. The van der Waals surface area contributed by atoms with Crippen molar-refractivity contribution in [3.63, 3.8) is 0 Å². The predicted octanol–water partition coefficient (Wildman–Crippen LogP) is 6.44. The average molecular weight is 532 g/mol. The maximum atomic E-state index is 13.0. The van der Waals surface area contributed by atoms with Crippen LogP contribution >= 0.6 is 23.2 Å². The van der Waals surface area contributed by atoms with Crippen molar-refractivity contribution in [2.24, 2.45) is 10.7 Å². The van der Waals surface area contributed by atoms with Gasteiger partial charge >= 0.3 is 0 Å². The second-order valence-corrected chi connectivity index (χ2v) is 9.02. The number of rotatable bonds is 7. The van der Waals surface area contributed by atoms with Crippen molar-refractivity contribution < 1.29 is 9.59 Å². The van der Waals surface area contributed by atoms with E-state index in [1.165, 1.54) is 12.3 Å². The fraction of sp³-hybridized carbons (Fsp3) is 0.0714. The van der Waals surface area contributed by atoms with E-state index in [-0.39, 0.29) is 11.5 Å². The van der Waals surface area contributed by atoms with Gasteiger partial charge in [-0.3, -0.25) is 14.6 Å². The Labute approximate surface area is 224 Å². The summed E-state index contributed by atoms with van der Waals surface area (Å²) >= 11 is 12.0. The number of pyridine rings is 1. The van der Waals surface area contributed by atoms with E-state index in [9.17, 15) is 9.59 Å². The van der Waals surface area contributed by atoms with Crippen LogP contribution in [0.25, 0.3) is 11.1 Å². The van der Waals surface area contributed by atoms with Crippen LogP contribution in [0.5, 0.6) is 0 Å². The van der Waals surface area contributed by atoms with Gasteiger partial charge in [-0.1, -0.05) is 59.6 Å². The molecule has 0 atom stereocenters. The van der Waals surface area contributed by atoms with Crippen molar-refractivity contribution in [2.75, 3.05) is 10.6 Å². The van der Waals surface area contributed by atoms with Gasteiger partial charge in [0.05, 0.1) is 28.7 Å². The minimum Gasteiger partial charge on any atom is -0.388 e. The number of nitrogens with zero attached hydrogens (tertiary/aromatic N) is 2. The summed E-state index contributed by atoms with van der Waals surface area (Å²) in [5, 5.41) is 6.28. The maximum Gasteiger partial charge on any atom is 0.258 e. The summed E-state index contributed by atoms with van der Waals surface area (Å²) in [5.74, 6) is -0.0181. The molecule has 0 fully saturated rings. The highest BCUT2D eigenvalue weighted by molar-refractivity contribution is 6.31. The van der Waals surface area contributed by atoms with Crippen molar-refractivity contribution >= 4 is 52.4 Å². The molecule has 0 bridgehead atoms. The summed E-state index contributed by atoms with van der Waals surface area (Å²) in [6, 6.07) is 22.9. The van der Waals surface area contributed by atoms with Gasteiger partial charge in [-0.25, -0.2) is 4.98 Å². The Morgan fingerprint density at radius 3 is 2.32 bits per heavy atom. The van der Waals surface area contributed by atoms with Crippen LogP contribution in [0.2, 0.25) is 10.0 Å². The molecule has 0 radical (unpaired) electrons. The number of anilines is 2. The molecule has 9 heteroatoms. The molecular weight excluding hydrogens is 509 g/mol. The van der Waals surface area contributed by atoms with Gasteiger partial charge in [0.2, 0.25) is 0 Å². The van der Waals surface area contributed by atoms with Gasteiger partial charge in [0.1, 0.15) is 5.82 Å². The van der Waals surface area contributed by atoms with Crippen molar-refractivity contribution in [3.05, 3.63) is 112 Å². The number of benzene rings is 3. The third-order valence-electron chi connectivity index (χ3n) is 5.42. The highest BCUT2D eigenvalue weighted by Gasteiger charge is 2.16. The third kappa shape index (κ3) is 6.73. The molecule has 1 aromatic heterocycles. The Morgan fingerprint density at radius 2 is 1.62 bits per heavy atom. The molecule has 0 saturated heterocycles. The molecule has 186 valence electrons. The Balaban J connectivity index is 1.53. The number of amidine groups is 1. The normalized spacial score (nSPS) is 11.2. The molecule has 37 heavy (non-hydrogen) atoms. The van der Waals surface area contributed by atoms with Gasteiger partial charge < -0.3 is 16.4 Å². The monoisotopic (exact) mass is 531 g/mol. The standard InChI is InChI=1S/C28H23Cl2N5O2/c1-17(31)32-15-20-4-2-3-5-23(20)18-6-8-19(9-7-18)27(36)34-25-12-10-21(29)14-24(25)28(37)35-26-13-11-22(30)16-33-26/h2-14,16H,15H2,1H3,(H2,31,32)(H,34,36)(H,33,35,37). The number of hydrogen-bond donors (Lipinski definition) is 3. The number of carbonyl (C=O) groups is 2. The molecule has 0 saturated carbocycles. The molecule has 3 aromatic carbocycles. The zero-order valence-corrected chi connectivity index (χ0v) is 21.3. The Hall–Kier alpha value is -4.20. The molecule has 0 spiro atoms. The molecule has 4 N–H and O–H groups in total. The van der Waals surface area contributed by atoms with Crippen LogP contribution in [0.4, 0.5) is 11.5 Å². The summed E-state index contributed by atoms with van der Waals surface area (Å²) in [6.07, 6.45) is 1.42. The zero-order valence-electron chi connectivity index (χ0n) is 19.8. The van der Waals surface area contributed by atoms with Crippen molar-refractivity contribution in [3.8, 4) is 11.1 Å². The van der Waals surface area contributed by atoms with Crippen LogP contribution < -0.4 is 16.4 Å². The third-order valence-corrected chi connectivity index (χ3v) is 5.88. The topological polar surface area (TPSA) is 109 Å². The second kappa shape index (κ2) is 11.7. The minimum atomic E-state index is -0.477. The molecule has 0 aliphatic heterocycles. The molecule has 7 nitrogen and oxygen atoms in total. The van der Waals surface area contributed by atoms with E-state index in [1.54, 1.807) is 43.3 Å². The highest BCUT2D eigenvalue weighted by Crippen LogP contribution is 2.26. The van der Waals surface area contributed by atoms with E-state index >= 15 is 0 Å². The van der Waals surface area contributed by atoms with E-state index in [2.05, 4.69) is 20.6 Å². The maximum absolute atomic E-state index is 13.0. The SMILES string of the molecule is CC(N)=NCc1ccccc1-c1ccc(C(=O)Nc2ccc(Cl)cc2C(=O)Nc2ccc(Cl)cn2)cc1. The lowest BCUT2D eigenvalue weighted by atomic mass is 9.98. The summed E-state index contributed by atoms with van der Waals surface area (Å²) < 4.78 is 0. The molecule has 0 aliphatic rings. The second-order valence-electron chi connectivity index (χ2n) is 8.15. The number of hydrogen-bond acceptors (Lipinski definition) is 4. The number of amides is 2. The molecule has 4 rings (SSSR count). The van der Waals surface area contributed by atoms with Gasteiger partial charge in [-0.2, -0.15) is 0 Å². The molecule has 1 heterocycles. The van der Waals surface area contributed by atoms with Gasteiger partial charge in [0, 0.05) is 16.8 Å². The number of aromatic nitrogens is 1. The number of carbonyl (C=O) groups excluding carboxylic acids is 2. The first kappa shape index (κ1) is 25.9. The van der Waals surface area contributed by atoms with Gasteiger partial charge in [-0.05, 0) is 66.1 Å². The Kier molecular flexibility index (Phi) is 8.18. The van der Waals surface area contributed by atoms with E-state index in [0.29, 0.717) is 39.5 Å². The van der Waals surface area contributed by atoms with E-state index in [4.69, 9.17) is 28.9 Å². The van der Waals surface area contributed by atoms with Crippen molar-refractivity contribution in [1.29, 1.82) is 0 Å². The van der Waals surface area contributed by atoms with Gasteiger partial charge in [0.15, 0.2) is 0 Å². The first-order chi connectivity index (χ1) is 17.8. The summed E-state index contributed by atoms with van der Waals surface area (Å²) in [5.41, 5.74) is 9.60. The smallest absolute Gasteiger partial charge is 0.258 e. The summed E-state index contributed by atoms with van der Waals surface area (Å²) in [4.78, 5) is 34.3. The number of aliphatic imine (C=N–C) groups is 1. The molecule has 0 unspecified atom stereocenters. The first-order valence-electron chi connectivity index (χ1n) is 11.3. The van der Waals surface area contributed by atoms with Gasteiger partial charge in [-0.15, -0.1) is 0 Å². The first-order valence-corrected chi connectivity index (χ1v) is 12.0. The van der Waals surface area contributed by atoms with E-state index in [0.717, 1.165) is 16.7 Å². The Bertz CT molecular complexity index is 1470. The molecule has 0 aliphatic carbocycles. The summed E-state index contributed by atoms with van der Waals surface area (Å²) in [6.45, 7) is 2.22. The fourth-order valence-corrected chi connectivity index (χ4v) is 3.88. The lowest BCUT2D eigenvalue weighted by molar-refractivity contribution is 0.102. The van der Waals surface area contributed by atoms with Crippen LogP contribution in [0.15, 0.2) is 90.1 Å². The highest BCUT2D eigenvalue weighted by atomic mass is 35.5. The van der Waals surface area contributed by atoms with Crippen molar-refractivity contribution in [1.82, 2.24) is 4.98 Å². The number of halogens is 2. The zero-order chi connectivity index (χ0) is 26.4. The van der Waals surface area contributed by atoms with Crippen LogP contribution in [0, 0.1) is 0 Å². The summed E-state index contributed by atoms with van der Waals surface area (Å²) in [7, 11) is 0. The minimum absolute atomic E-state index is 0.193. The lowest BCUT2D eigenvalue weighted by Crippen LogP contribution is -2.18. The number of nitrogens with one attached hydrogen (secondary N) is 2. The van der Waals surface area contributed by atoms with Gasteiger partial charge in [0.25, 0.3) is 11.8 Å². The molecule has 4 aromatic rings. The number of nitrogens with two attached hydrogens (primary N) is 1. The Morgan fingerprint density at radius 1 is 0.892 bits per heavy atom. The predicted molar refractivity (Wildman–Crippen MR) is 149 cm³/mol. The molecule has 2 amide bonds.